The van der Waals surface area contributed by atoms with Crippen LogP contribution < -0.4 is 5.32 Å². The molecule has 0 bridgehead atoms. The molecule has 0 radical (unpaired) electrons. The van der Waals surface area contributed by atoms with Crippen molar-refractivity contribution in [1.82, 2.24) is 9.80 Å². The first-order valence-corrected chi connectivity index (χ1v) is 9.62. The van der Waals surface area contributed by atoms with Crippen LogP contribution in [0.4, 0.5) is 18.9 Å². The molecule has 158 valence electrons. The van der Waals surface area contributed by atoms with Crippen molar-refractivity contribution < 1.29 is 18.0 Å². The molecule has 0 saturated carbocycles. The van der Waals surface area contributed by atoms with Gasteiger partial charge in [-0.3, -0.25) is 4.79 Å². The molecule has 0 spiro atoms. The highest BCUT2D eigenvalue weighted by Crippen LogP contribution is 2.29. The average molecular weight is 407 g/mol. The van der Waals surface area contributed by atoms with Crippen molar-refractivity contribution in [3.05, 3.63) is 65.7 Å². The summed E-state index contributed by atoms with van der Waals surface area (Å²) < 4.78 is 38.0. The van der Waals surface area contributed by atoms with Crippen LogP contribution in [0.2, 0.25) is 0 Å². The van der Waals surface area contributed by atoms with E-state index < -0.39 is 11.7 Å². The van der Waals surface area contributed by atoms with Gasteiger partial charge < -0.3 is 15.1 Å². The van der Waals surface area contributed by atoms with Crippen LogP contribution in [0.15, 0.2) is 54.6 Å². The number of amides is 1. The molecule has 2 rings (SSSR count). The average Bonchev–Trinajstić information content (AvgIpc) is 2.70. The van der Waals surface area contributed by atoms with Crippen LogP contribution >= 0.6 is 0 Å². The molecule has 29 heavy (non-hydrogen) atoms. The standard InChI is InChI=1S/C22H28F3N3O/c1-4-14-27(2)16-20(17-8-6-5-7-9-17)28(3)21(29)15-26-19-12-10-18(11-13-19)22(23,24)25/h5-13,20,26H,4,14-16H2,1-3H3. The van der Waals surface area contributed by atoms with Gasteiger partial charge in [-0.1, -0.05) is 37.3 Å². The number of likely N-dealkylation sites (N-methyl/N-ethyl adjacent to an activating group) is 2. The molecule has 4 nitrogen and oxygen atoms in total. The maximum Gasteiger partial charge on any atom is 0.416 e. The number of hydrogen-bond donors (Lipinski definition) is 1. The van der Waals surface area contributed by atoms with Crippen molar-refractivity contribution >= 4 is 11.6 Å². The zero-order valence-electron chi connectivity index (χ0n) is 17.0. The fourth-order valence-electron chi connectivity index (χ4n) is 3.15. The molecule has 1 unspecified atom stereocenters. The van der Waals surface area contributed by atoms with E-state index in [1.165, 1.54) is 12.1 Å². The number of carbonyl (C=O) groups excluding carboxylic acids is 1. The van der Waals surface area contributed by atoms with Gasteiger partial charge in [0.2, 0.25) is 5.91 Å². The zero-order valence-corrected chi connectivity index (χ0v) is 17.0. The van der Waals surface area contributed by atoms with Crippen LogP contribution in [0.5, 0.6) is 0 Å². The summed E-state index contributed by atoms with van der Waals surface area (Å²) >= 11 is 0. The quantitative estimate of drug-likeness (QED) is 0.657. The van der Waals surface area contributed by atoms with Crippen molar-refractivity contribution in [1.29, 1.82) is 0 Å². The van der Waals surface area contributed by atoms with Gasteiger partial charge in [-0.05, 0) is 49.8 Å². The number of hydrogen-bond acceptors (Lipinski definition) is 3. The number of carbonyl (C=O) groups is 1. The van der Waals surface area contributed by atoms with Gasteiger partial charge >= 0.3 is 6.18 Å². The van der Waals surface area contributed by atoms with Crippen molar-refractivity contribution in [2.75, 3.05) is 39.0 Å². The summed E-state index contributed by atoms with van der Waals surface area (Å²) in [7, 11) is 3.78. The number of benzene rings is 2. The molecule has 0 aliphatic carbocycles. The summed E-state index contributed by atoms with van der Waals surface area (Å²) in [6.45, 7) is 3.73. The molecular formula is C22H28F3N3O. The molecular weight excluding hydrogens is 379 g/mol. The largest absolute Gasteiger partial charge is 0.416 e. The Morgan fingerprint density at radius 1 is 1.03 bits per heavy atom. The van der Waals surface area contributed by atoms with Gasteiger partial charge in [0.15, 0.2) is 0 Å². The number of nitrogens with one attached hydrogen (secondary N) is 1. The third-order valence-electron chi connectivity index (χ3n) is 4.79. The van der Waals surface area contributed by atoms with Gasteiger partial charge in [0.05, 0.1) is 18.2 Å². The highest BCUT2D eigenvalue weighted by molar-refractivity contribution is 5.81. The number of alkyl halides is 3. The summed E-state index contributed by atoms with van der Waals surface area (Å²) in [5.41, 5.74) is 0.801. The molecule has 0 aromatic heterocycles. The van der Waals surface area contributed by atoms with Crippen LogP contribution in [0.3, 0.4) is 0 Å². The fourth-order valence-corrected chi connectivity index (χ4v) is 3.15. The number of nitrogens with zero attached hydrogens (tertiary/aromatic N) is 2. The molecule has 0 fully saturated rings. The molecule has 0 aliphatic heterocycles. The Labute approximate surface area is 170 Å². The Bertz CT molecular complexity index is 763. The molecule has 0 saturated heterocycles. The molecule has 0 heterocycles. The third-order valence-corrected chi connectivity index (χ3v) is 4.79. The number of rotatable bonds is 9. The Hall–Kier alpha value is -2.54. The van der Waals surface area contributed by atoms with E-state index in [1.54, 1.807) is 11.9 Å². The summed E-state index contributed by atoms with van der Waals surface area (Å²) in [4.78, 5) is 16.6. The van der Waals surface area contributed by atoms with Gasteiger partial charge in [0, 0.05) is 19.3 Å². The number of anilines is 1. The SMILES string of the molecule is CCCN(C)CC(c1ccccc1)N(C)C(=O)CNc1ccc(C(F)(F)F)cc1. The minimum atomic E-state index is -4.37. The first-order chi connectivity index (χ1) is 13.7. The van der Waals surface area contributed by atoms with E-state index in [4.69, 9.17) is 0 Å². The van der Waals surface area contributed by atoms with Gasteiger partial charge in [0.25, 0.3) is 0 Å². The molecule has 2 aromatic carbocycles. The monoisotopic (exact) mass is 407 g/mol. The van der Waals surface area contributed by atoms with E-state index in [0.717, 1.165) is 30.7 Å². The lowest BCUT2D eigenvalue weighted by Gasteiger charge is -2.32. The fraction of sp³-hybridized carbons (Fsp3) is 0.409. The van der Waals surface area contributed by atoms with Gasteiger partial charge in [-0.25, -0.2) is 0 Å². The highest BCUT2D eigenvalue weighted by atomic mass is 19.4. The van der Waals surface area contributed by atoms with E-state index in [9.17, 15) is 18.0 Å². The van der Waals surface area contributed by atoms with Crippen molar-refractivity contribution in [3.63, 3.8) is 0 Å². The molecule has 1 atom stereocenters. The van der Waals surface area contributed by atoms with Gasteiger partial charge in [-0.15, -0.1) is 0 Å². The van der Waals surface area contributed by atoms with Crippen LogP contribution in [0.25, 0.3) is 0 Å². The summed E-state index contributed by atoms with van der Waals surface area (Å²) in [5.74, 6) is -0.136. The summed E-state index contributed by atoms with van der Waals surface area (Å²) in [5, 5.41) is 2.92. The first kappa shape index (κ1) is 22.7. The highest BCUT2D eigenvalue weighted by Gasteiger charge is 2.30. The minimum absolute atomic E-state index is 0.00267. The van der Waals surface area contributed by atoms with Crippen LogP contribution in [0, 0.1) is 0 Å². The predicted molar refractivity (Wildman–Crippen MR) is 110 cm³/mol. The van der Waals surface area contributed by atoms with E-state index in [0.29, 0.717) is 12.2 Å². The molecule has 7 heteroatoms. The van der Waals surface area contributed by atoms with Gasteiger partial charge in [-0.2, -0.15) is 13.2 Å². The zero-order chi connectivity index (χ0) is 21.4. The Balaban J connectivity index is 2.04. The second-order valence-corrected chi connectivity index (χ2v) is 7.12. The normalized spacial score (nSPS) is 12.7. The second-order valence-electron chi connectivity index (χ2n) is 7.12. The van der Waals surface area contributed by atoms with E-state index in [2.05, 4.69) is 17.1 Å². The van der Waals surface area contributed by atoms with E-state index in [1.807, 2.05) is 37.4 Å². The molecule has 1 amide bonds. The Morgan fingerprint density at radius 2 is 1.66 bits per heavy atom. The molecule has 1 N–H and O–H groups in total. The third kappa shape index (κ3) is 6.78. The van der Waals surface area contributed by atoms with Crippen LogP contribution in [-0.4, -0.2) is 49.4 Å². The molecule has 2 aromatic rings. The van der Waals surface area contributed by atoms with E-state index >= 15 is 0 Å². The van der Waals surface area contributed by atoms with Crippen molar-refractivity contribution in [2.24, 2.45) is 0 Å². The lowest BCUT2D eigenvalue weighted by molar-refractivity contribution is -0.137. The van der Waals surface area contributed by atoms with Crippen LogP contribution in [0.1, 0.15) is 30.5 Å². The summed E-state index contributed by atoms with van der Waals surface area (Å²) in [6.07, 6.45) is -3.35. The lowest BCUT2D eigenvalue weighted by atomic mass is 10.0. The van der Waals surface area contributed by atoms with Crippen molar-refractivity contribution in [3.8, 4) is 0 Å². The number of halogens is 3. The van der Waals surface area contributed by atoms with Crippen LogP contribution in [-0.2, 0) is 11.0 Å². The smallest absolute Gasteiger partial charge is 0.376 e. The first-order valence-electron chi connectivity index (χ1n) is 9.62. The maximum atomic E-state index is 12.8. The minimum Gasteiger partial charge on any atom is -0.376 e. The second kappa shape index (κ2) is 10.3. The Kier molecular flexibility index (Phi) is 8.08. The molecule has 0 aliphatic rings. The lowest BCUT2D eigenvalue weighted by Crippen LogP contribution is -2.40. The van der Waals surface area contributed by atoms with E-state index in [-0.39, 0.29) is 18.5 Å². The Morgan fingerprint density at radius 3 is 2.21 bits per heavy atom. The van der Waals surface area contributed by atoms with Gasteiger partial charge in [0.1, 0.15) is 0 Å². The van der Waals surface area contributed by atoms with Crippen molar-refractivity contribution in [2.45, 2.75) is 25.6 Å². The topological polar surface area (TPSA) is 35.6 Å². The summed E-state index contributed by atoms with van der Waals surface area (Å²) in [6, 6.07) is 14.4. The maximum absolute atomic E-state index is 12.8. The predicted octanol–water partition coefficient (Wildman–Crippen LogP) is 4.66.